The van der Waals surface area contributed by atoms with Crippen molar-refractivity contribution in [2.45, 2.75) is 25.9 Å². The Bertz CT molecular complexity index is 903. The van der Waals surface area contributed by atoms with Crippen LogP contribution in [0.2, 0.25) is 0 Å². The average Bonchev–Trinajstić information content (AvgIpc) is 3.38. The summed E-state index contributed by atoms with van der Waals surface area (Å²) in [5.41, 5.74) is 3.45. The first-order valence-electron chi connectivity index (χ1n) is 9.10. The molecule has 1 atom stereocenters. The van der Waals surface area contributed by atoms with Gasteiger partial charge in [0.15, 0.2) is 0 Å². The maximum atomic E-state index is 12.8. The molecule has 6 nitrogen and oxygen atoms in total. The van der Waals surface area contributed by atoms with E-state index < -0.39 is 0 Å². The molecule has 1 unspecified atom stereocenters. The maximum Gasteiger partial charge on any atom is 0.237 e. The quantitative estimate of drug-likeness (QED) is 0.682. The summed E-state index contributed by atoms with van der Waals surface area (Å²) in [4.78, 5) is 22.2. The molecular formula is C20H23N5OS. The molecule has 140 valence electrons. The Morgan fingerprint density at radius 1 is 1.30 bits per heavy atom. The van der Waals surface area contributed by atoms with Gasteiger partial charge >= 0.3 is 0 Å². The van der Waals surface area contributed by atoms with Crippen LogP contribution in [-0.2, 0) is 17.8 Å². The van der Waals surface area contributed by atoms with Gasteiger partial charge in [0.2, 0.25) is 5.91 Å². The molecule has 4 rings (SSSR count). The lowest BCUT2D eigenvalue weighted by atomic mass is 10.1. The van der Waals surface area contributed by atoms with E-state index in [4.69, 9.17) is 0 Å². The van der Waals surface area contributed by atoms with Crippen LogP contribution >= 0.6 is 11.3 Å². The minimum atomic E-state index is 0.153. The second-order valence-electron chi connectivity index (χ2n) is 6.96. The Kier molecular flexibility index (Phi) is 5.05. The van der Waals surface area contributed by atoms with Gasteiger partial charge in [-0.15, -0.1) is 11.3 Å². The summed E-state index contributed by atoms with van der Waals surface area (Å²) in [6, 6.07) is 10.5. The van der Waals surface area contributed by atoms with E-state index >= 15 is 0 Å². The third-order valence-electron chi connectivity index (χ3n) is 5.26. The molecule has 1 aliphatic rings. The van der Waals surface area contributed by atoms with Crippen molar-refractivity contribution in [2.75, 3.05) is 20.1 Å². The Balaban J connectivity index is 1.37. The van der Waals surface area contributed by atoms with Gasteiger partial charge < -0.3 is 4.90 Å². The van der Waals surface area contributed by atoms with Gasteiger partial charge in [-0.1, -0.05) is 12.1 Å². The number of amides is 1. The van der Waals surface area contributed by atoms with Crippen LogP contribution in [0.3, 0.4) is 0 Å². The van der Waals surface area contributed by atoms with Gasteiger partial charge in [-0.25, -0.2) is 9.67 Å². The summed E-state index contributed by atoms with van der Waals surface area (Å²) in [6.45, 7) is 4.12. The number of hydrogen-bond donors (Lipinski definition) is 0. The molecule has 0 bridgehead atoms. The third-order valence-corrected chi connectivity index (χ3v) is 6.29. The van der Waals surface area contributed by atoms with Crippen LogP contribution in [0.5, 0.6) is 0 Å². The number of thiophene rings is 1. The number of fused-ring (bicyclic) bond motifs is 1. The van der Waals surface area contributed by atoms with Crippen LogP contribution in [0.1, 0.15) is 29.0 Å². The Labute approximate surface area is 163 Å². The molecule has 0 fully saturated rings. The molecule has 3 heterocycles. The van der Waals surface area contributed by atoms with Crippen LogP contribution in [0.4, 0.5) is 0 Å². The molecule has 0 aliphatic carbocycles. The summed E-state index contributed by atoms with van der Waals surface area (Å²) in [6.07, 6.45) is 4.18. The van der Waals surface area contributed by atoms with Crippen molar-refractivity contribution in [2.24, 2.45) is 0 Å². The van der Waals surface area contributed by atoms with E-state index in [9.17, 15) is 4.79 Å². The highest BCUT2D eigenvalue weighted by atomic mass is 32.1. The number of likely N-dealkylation sites (N-methyl/N-ethyl adjacent to an activating group) is 1. The van der Waals surface area contributed by atoms with E-state index in [-0.39, 0.29) is 11.9 Å². The molecule has 0 spiro atoms. The molecule has 0 saturated heterocycles. The highest BCUT2D eigenvalue weighted by Gasteiger charge is 2.23. The number of aromatic nitrogens is 3. The van der Waals surface area contributed by atoms with Crippen molar-refractivity contribution in [3.8, 4) is 5.69 Å². The number of carbonyl (C=O) groups excluding carboxylic acids is 1. The standard InChI is InChI=1S/C20H23N5OS/c1-15(16-3-5-18(6-4-16)25-14-21-13-22-25)23(2)12-20(26)24-9-7-19-17(11-24)8-10-27-19/h3-6,8,10,13-15H,7,9,11-12H2,1-2H3. The Hall–Kier alpha value is -2.51. The molecule has 27 heavy (non-hydrogen) atoms. The second-order valence-corrected chi connectivity index (χ2v) is 7.96. The van der Waals surface area contributed by atoms with E-state index in [2.05, 4.69) is 45.5 Å². The first kappa shape index (κ1) is 17.9. The predicted molar refractivity (Wildman–Crippen MR) is 106 cm³/mol. The zero-order valence-corrected chi connectivity index (χ0v) is 16.4. The lowest BCUT2D eigenvalue weighted by Gasteiger charge is -2.31. The summed E-state index contributed by atoms with van der Waals surface area (Å²) in [5.74, 6) is 0.195. The minimum absolute atomic E-state index is 0.153. The van der Waals surface area contributed by atoms with Crippen LogP contribution in [0.15, 0.2) is 48.4 Å². The normalized spacial score (nSPS) is 15.0. The van der Waals surface area contributed by atoms with Crippen LogP contribution in [0.25, 0.3) is 5.69 Å². The Morgan fingerprint density at radius 3 is 2.85 bits per heavy atom. The number of benzene rings is 1. The first-order valence-corrected chi connectivity index (χ1v) is 9.98. The fourth-order valence-corrected chi connectivity index (χ4v) is 4.30. The minimum Gasteiger partial charge on any atom is -0.337 e. The van der Waals surface area contributed by atoms with Gasteiger partial charge in [-0.2, -0.15) is 5.10 Å². The van der Waals surface area contributed by atoms with Crippen molar-refractivity contribution in [1.29, 1.82) is 0 Å². The van der Waals surface area contributed by atoms with Crippen LogP contribution in [0, 0.1) is 0 Å². The molecule has 3 aromatic rings. The molecule has 7 heteroatoms. The second kappa shape index (κ2) is 7.62. The lowest BCUT2D eigenvalue weighted by molar-refractivity contribution is -0.133. The zero-order chi connectivity index (χ0) is 18.8. The lowest BCUT2D eigenvalue weighted by Crippen LogP contribution is -2.41. The Morgan fingerprint density at radius 2 is 2.11 bits per heavy atom. The van der Waals surface area contributed by atoms with Crippen molar-refractivity contribution < 1.29 is 4.79 Å². The molecular weight excluding hydrogens is 358 g/mol. The van der Waals surface area contributed by atoms with Gasteiger partial charge in [-0.05, 0) is 55.1 Å². The van der Waals surface area contributed by atoms with Crippen molar-refractivity contribution in [1.82, 2.24) is 24.6 Å². The maximum absolute atomic E-state index is 12.8. The SMILES string of the molecule is CC(c1ccc(-n2cncn2)cc1)N(C)CC(=O)N1CCc2sccc2C1. The van der Waals surface area contributed by atoms with Crippen LogP contribution in [-0.4, -0.2) is 50.6 Å². The third kappa shape index (κ3) is 3.79. The smallest absolute Gasteiger partial charge is 0.237 e. The fourth-order valence-electron chi connectivity index (χ4n) is 3.41. The summed E-state index contributed by atoms with van der Waals surface area (Å²) in [5, 5.41) is 6.27. The van der Waals surface area contributed by atoms with Gasteiger partial charge in [0.1, 0.15) is 12.7 Å². The summed E-state index contributed by atoms with van der Waals surface area (Å²) >= 11 is 1.80. The molecule has 0 radical (unpaired) electrons. The van der Waals surface area contributed by atoms with E-state index in [1.54, 1.807) is 22.3 Å². The van der Waals surface area contributed by atoms with Crippen molar-refractivity contribution in [3.63, 3.8) is 0 Å². The molecule has 0 saturated carbocycles. The van der Waals surface area contributed by atoms with Gasteiger partial charge in [0, 0.05) is 24.0 Å². The van der Waals surface area contributed by atoms with E-state index in [1.807, 2.05) is 24.1 Å². The number of hydrogen-bond acceptors (Lipinski definition) is 5. The van der Waals surface area contributed by atoms with E-state index in [0.29, 0.717) is 6.54 Å². The van der Waals surface area contributed by atoms with Gasteiger partial charge in [0.25, 0.3) is 0 Å². The summed E-state index contributed by atoms with van der Waals surface area (Å²) < 4.78 is 1.73. The largest absolute Gasteiger partial charge is 0.337 e. The van der Waals surface area contributed by atoms with Gasteiger partial charge in [-0.3, -0.25) is 9.69 Å². The fraction of sp³-hybridized carbons (Fsp3) is 0.350. The highest BCUT2D eigenvalue weighted by molar-refractivity contribution is 7.10. The van der Waals surface area contributed by atoms with E-state index in [1.165, 1.54) is 22.3 Å². The monoisotopic (exact) mass is 381 g/mol. The zero-order valence-electron chi connectivity index (χ0n) is 15.6. The predicted octanol–water partition coefficient (Wildman–Crippen LogP) is 2.91. The van der Waals surface area contributed by atoms with Crippen molar-refractivity contribution in [3.05, 3.63) is 64.4 Å². The highest BCUT2D eigenvalue weighted by Crippen LogP contribution is 2.25. The summed E-state index contributed by atoms with van der Waals surface area (Å²) in [7, 11) is 2.01. The molecule has 0 N–H and O–H groups in total. The topological polar surface area (TPSA) is 54.3 Å². The average molecular weight is 382 g/mol. The number of rotatable bonds is 5. The molecule has 1 aromatic carbocycles. The molecule has 1 amide bonds. The molecule has 1 aliphatic heterocycles. The van der Waals surface area contributed by atoms with E-state index in [0.717, 1.165) is 25.2 Å². The van der Waals surface area contributed by atoms with Crippen LogP contribution < -0.4 is 0 Å². The van der Waals surface area contributed by atoms with Crippen molar-refractivity contribution >= 4 is 17.2 Å². The number of nitrogens with zero attached hydrogens (tertiary/aromatic N) is 5. The number of carbonyl (C=O) groups is 1. The first-order chi connectivity index (χ1) is 13.1. The molecule has 2 aromatic heterocycles. The van der Waals surface area contributed by atoms with Gasteiger partial charge in [0.05, 0.1) is 12.2 Å².